The molecule has 2 aromatic heterocycles. The van der Waals surface area contributed by atoms with Gasteiger partial charge in [-0.1, -0.05) is 30.3 Å². The second-order valence-corrected chi connectivity index (χ2v) is 8.06. The summed E-state index contributed by atoms with van der Waals surface area (Å²) in [5.74, 6) is 0.723. The van der Waals surface area contributed by atoms with E-state index >= 15 is 0 Å². The number of hydrogen-bond acceptors (Lipinski definition) is 5. The zero-order valence-electron chi connectivity index (χ0n) is 16.5. The summed E-state index contributed by atoms with van der Waals surface area (Å²) in [6.07, 6.45) is 0. The predicted octanol–water partition coefficient (Wildman–Crippen LogP) is 4.32. The van der Waals surface area contributed by atoms with Gasteiger partial charge in [0.2, 0.25) is 0 Å². The second-order valence-electron chi connectivity index (χ2n) is 7.03. The average molecular weight is 406 g/mol. The Morgan fingerprint density at radius 3 is 2.72 bits per heavy atom. The van der Waals surface area contributed by atoms with Gasteiger partial charge >= 0.3 is 0 Å². The van der Waals surface area contributed by atoms with Crippen LogP contribution in [0.5, 0.6) is 5.75 Å². The summed E-state index contributed by atoms with van der Waals surface area (Å²) in [4.78, 5) is 21.0. The highest BCUT2D eigenvalue weighted by atomic mass is 32.1. The molecule has 5 nitrogen and oxygen atoms in total. The number of fused-ring (bicyclic) bond motifs is 2. The van der Waals surface area contributed by atoms with E-state index in [-0.39, 0.29) is 5.91 Å². The summed E-state index contributed by atoms with van der Waals surface area (Å²) in [5, 5.41) is 5.04. The van der Waals surface area contributed by atoms with Crippen molar-refractivity contribution in [1.29, 1.82) is 0 Å². The third-order valence-corrected chi connectivity index (χ3v) is 5.85. The Balaban J connectivity index is 1.39. The quantitative estimate of drug-likeness (QED) is 0.498. The lowest BCUT2D eigenvalue weighted by molar-refractivity contribution is 0.0953. The van der Waals surface area contributed by atoms with Gasteiger partial charge in [0.25, 0.3) is 5.91 Å². The third kappa shape index (κ3) is 4.55. The van der Waals surface area contributed by atoms with E-state index in [1.165, 1.54) is 16.9 Å². The van der Waals surface area contributed by atoms with Crippen LogP contribution in [-0.4, -0.2) is 43.0 Å². The van der Waals surface area contributed by atoms with E-state index in [0.29, 0.717) is 11.4 Å². The van der Waals surface area contributed by atoms with Crippen LogP contribution >= 0.6 is 11.3 Å². The van der Waals surface area contributed by atoms with Crippen LogP contribution in [0, 0.1) is 0 Å². The van der Waals surface area contributed by atoms with E-state index in [4.69, 9.17) is 9.72 Å². The number of thiophene rings is 1. The maximum absolute atomic E-state index is 12.6. The minimum absolute atomic E-state index is 0.0530. The first-order valence-corrected chi connectivity index (χ1v) is 10.3. The molecule has 2 heterocycles. The lowest BCUT2D eigenvalue weighted by Gasteiger charge is -2.16. The Kier molecular flexibility index (Phi) is 5.74. The number of nitrogens with zero attached hydrogens (tertiary/aromatic N) is 2. The summed E-state index contributed by atoms with van der Waals surface area (Å²) in [5.41, 5.74) is 2.13. The molecular weight excluding hydrogens is 382 g/mol. The zero-order chi connectivity index (χ0) is 20.2. The molecule has 0 fully saturated rings. The van der Waals surface area contributed by atoms with Gasteiger partial charge in [-0.15, -0.1) is 11.3 Å². The number of rotatable bonds is 7. The molecule has 6 heteroatoms. The van der Waals surface area contributed by atoms with Crippen LogP contribution in [0.4, 0.5) is 0 Å². The van der Waals surface area contributed by atoms with Gasteiger partial charge in [-0.05, 0) is 36.9 Å². The topological polar surface area (TPSA) is 54.5 Å². The SMILES string of the molecule is COc1ccc2cc3cc(C(=O)NCCN(C)Cc4ccccc4)sc3nc2c1. The number of benzene rings is 2. The molecule has 1 amide bonds. The van der Waals surface area contributed by atoms with E-state index in [0.717, 1.165) is 40.0 Å². The van der Waals surface area contributed by atoms with Gasteiger partial charge < -0.3 is 15.0 Å². The highest BCUT2D eigenvalue weighted by Gasteiger charge is 2.12. The molecular formula is C23H23N3O2S. The van der Waals surface area contributed by atoms with Crippen LogP contribution in [0.25, 0.3) is 21.1 Å². The van der Waals surface area contributed by atoms with Crippen LogP contribution in [0.1, 0.15) is 15.2 Å². The number of likely N-dealkylation sites (N-methyl/N-ethyl adjacent to an activating group) is 1. The number of nitrogens with one attached hydrogen (secondary N) is 1. The highest BCUT2D eigenvalue weighted by Crippen LogP contribution is 2.29. The minimum Gasteiger partial charge on any atom is -0.497 e. The van der Waals surface area contributed by atoms with E-state index in [1.807, 2.05) is 42.5 Å². The normalized spacial score (nSPS) is 11.3. The first-order valence-electron chi connectivity index (χ1n) is 9.51. The molecule has 0 aliphatic heterocycles. The monoisotopic (exact) mass is 405 g/mol. The highest BCUT2D eigenvalue weighted by molar-refractivity contribution is 7.20. The molecule has 0 spiro atoms. The van der Waals surface area contributed by atoms with Crippen molar-refractivity contribution < 1.29 is 9.53 Å². The number of hydrogen-bond donors (Lipinski definition) is 1. The second kappa shape index (κ2) is 8.59. The molecule has 1 N–H and O–H groups in total. The average Bonchev–Trinajstić information content (AvgIpc) is 3.15. The van der Waals surface area contributed by atoms with Crippen LogP contribution in [-0.2, 0) is 6.54 Å². The third-order valence-electron chi connectivity index (χ3n) is 4.81. The Morgan fingerprint density at radius 1 is 1.10 bits per heavy atom. The summed E-state index contributed by atoms with van der Waals surface area (Å²) in [6.45, 7) is 2.25. The van der Waals surface area contributed by atoms with Crippen molar-refractivity contribution in [2.75, 3.05) is 27.2 Å². The number of carbonyl (C=O) groups is 1. The largest absolute Gasteiger partial charge is 0.497 e. The first kappa shape index (κ1) is 19.4. The molecule has 0 radical (unpaired) electrons. The number of carbonyl (C=O) groups excluding carboxylic acids is 1. The van der Waals surface area contributed by atoms with Gasteiger partial charge in [-0.2, -0.15) is 0 Å². The lowest BCUT2D eigenvalue weighted by atomic mass is 10.2. The van der Waals surface area contributed by atoms with E-state index in [2.05, 4.69) is 35.5 Å². The fourth-order valence-corrected chi connectivity index (χ4v) is 4.20. The van der Waals surface area contributed by atoms with Crippen molar-refractivity contribution in [1.82, 2.24) is 15.2 Å². The molecule has 148 valence electrons. The van der Waals surface area contributed by atoms with Gasteiger partial charge in [0.1, 0.15) is 10.6 Å². The molecule has 4 aromatic rings. The van der Waals surface area contributed by atoms with E-state index in [1.54, 1.807) is 7.11 Å². The number of ether oxygens (including phenoxy) is 1. The number of aromatic nitrogens is 1. The van der Waals surface area contributed by atoms with Crippen molar-refractivity contribution >= 4 is 38.4 Å². The first-order chi connectivity index (χ1) is 14.1. The number of pyridine rings is 1. The predicted molar refractivity (Wildman–Crippen MR) is 119 cm³/mol. The fraction of sp³-hybridized carbons (Fsp3) is 0.217. The lowest BCUT2D eigenvalue weighted by Crippen LogP contribution is -2.32. The summed E-state index contributed by atoms with van der Waals surface area (Å²) >= 11 is 1.42. The summed E-state index contributed by atoms with van der Waals surface area (Å²) in [6, 6.07) is 20.1. The Hall–Kier alpha value is -2.96. The van der Waals surface area contributed by atoms with Crippen molar-refractivity contribution in [2.45, 2.75) is 6.54 Å². The summed E-state index contributed by atoms with van der Waals surface area (Å²) in [7, 11) is 3.70. The van der Waals surface area contributed by atoms with Crippen LogP contribution in [0.3, 0.4) is 0 Å². The Morgan fingerprint density at radius 2 is 1.93 bits per heavy atom. The van der Waals surface area contributed by atoms with Crippen molar-refractivity contribution in [3.63, 3.8) is 0 Å². The van der Waals surface area contributed by atoms with E-state index < -0.39 is 0 Å². The number of amides is 1. The molecule has 29 heavy (non-hydrogen) atoms. The van der Waals surface area contributed by atoms with Crippen LogP contribution in [0.2, 0.25) is 0 Å². The fourth-order valence-electron chi connectivity index (χ4n) is 3.27. The maximum Gasteiger partial charge on any atom is 0.261 e. The molecule has 0 saturated heterocycles. The molecule has 4 rings (SSSR count). The maximum atomic E-state index is 12.6. The molecule has 0 unspecified atom stereocenters. The Bertz CT molecular complexity index is 1140. The Labute approximate surface area is 173 Å². The van der Waals surface area contributed by atoms with Crippen molar-refractivity contribution in [2.24, 2.45) is 0 Å². The van der Waals surface area contributed by atoms with Gasteiger partial charge in [-0.3, -0.25) is 4.79 Å². The van der Waals surface area contributed by atoms with Crippen molar-refractivity contribution in [3.8, 4) is 5.75 Å². The van der Waals surface area contributed by atoms with E-state index in [9.17, 15) is 4.79 Å². The molecule has 0 aliphatic rings. The number of methoxy groups -OCH3 is 1. The minimum atomic E-state index is -0.0530. The smallest absolute Gasteiger partial charge is 0.261 e. The van der Waals surface area contributed by atoms with Gasteiger partial charge in [0.05, 0.1) is 17.5 Å². The van der Waals surface area contributed by atoms with Crippen molar-refractivity contribution in [3.05, 3.63) is 71.1 Å². The van der Waals surface area contributed by atoms with Gasteiger partial charge in [-0.25, -0.2) is 4.98 Å². The molecule has 0 atom stereocenters. The zero-order valence-corrected chi connectivity index (χ0v) is 17.3. The summed E-state index contributed by atoms with van der Waals surface area (Å²) < 4.78 is 5.27. The molecule has 0 bridgehead atoms. The molecule has 0 saturated carbocycles. The molecule has 2 aromatic carbocycles. The van der Waals surface area contributed by atoms with Gasteiger partial charge in [0, 0.05) is 36.5 Å². The van der Waals surface area contributed by atoms with Crippen LogP contribution < -0.4 is 10.1 Å². The van der Waals surface area contributed by atoms with Crippen LogP contribution in [0.15, 0.2) is 60.7 Å². The molecule has 0 aliphatic carbocycles. The van der Waals surface area contributed by atoms with Gasteiger partial charge in [0.15, 0.2) is 0 Å². The standard InChI is InChI=1S/C23H23N3O2S/c1-26(15-16-6-4-3-5-7-16)11-10-24-22(27)21-13-18-12-17-8-9-19(28-2)14-20(17)25-23(18)29-21/h3-9,12-14H,10-11,15H2,1-2H3,(H,24,27).